The molecule has 1 N–H and O–H groups in total. The second kappa shape index (κ2) is 7.85. The van der Waals surface area contributed by atoms with E-state index in [4.69, 9.17) is 0 Å². The number of pyridine rings is 1. The quantitative estimate of drug-likeness (QED) is 0.546. The normalized spacial score (nSPS) is 15.4. The zero-order chi connectivity index (χ0) is 24.2. The van der Waals surface area contributed by atoms with Crippen LogP contribution in [0.4, 0.5) is 13.2 Å². The van der Waals surface area contributed by atoms with Crippen LogP contribution in [0.25, 0.3) is 22.3 Å². The van der Waals surface area contributed by atoms with E-state index in [9.17, 15) is 26.9 Å². The Bertz CT molecular complexity index is 1360. The molecule has 0 unspecified atom stereocenters. The van der Waals surface area contributed by atoms with E-state index in [1.54, 1.807) is 4.72 Å². The smallest absolute Gasteiger partial charge is 0.335 e. The topological polar surface area (TPSA) is 87.8 Å². The van der Waals surface area contributed by atoms with Crippen molar-refractivity contribution in [3.8, 4) is 17.5 Å². The molecule has 10 heteroatoms. The zero-order valence-corrected chi connectivity index (χ0v) is 19.2. The van der Waals surface area contributed by atoms with Crippen molar-refractivity contribution in [2.45, 2.75) is 62.7 Å². The molecule has 1 aromatic carbocycles. The second-order valence-electron chi connectivity index (χ2n) is 8.92. The summed E-state index contributed by atoms with van der Waals surface area (Å²) in [5, 5.41) is 10.7. The van der Waals surface area contributed by atoms with Crippen molar-refractivity contribution in [1.82, 2.24) is 14.3 Å². The molecule has 0 bridgehead atoms. The van der Waals surface area contributed by atoms with Crippen LogP contribution in [0.5, 0.6) is 0 Å². The van der Waals surface area contributed by atoms with Crippen LogP contribution in [-0.4, -0.2) is 29.7 Å². The Hall–Kier alpha value is -2.90. The van der Waals surface area contributed by atoms with E-state index in [2.05, 4.69) is 15.6 Å². The maximum absolute atomic E-state index is 13.2. The van der Waals surface area contributed by atoms with Gasteiger partial charge in [0.25, 0.3) is 0 Å². The molecule has 2 heterocycles. The Labute approximate surface area is 190 Å². The zero-order valence-electron chi connectivity index (χ0n) is 18.4. The summed E-state index contributed by atoms with van der Waals surface area (Å²) >= 11 is 0. The summed E-state index contributed by atoms with van der Waals surface area (Å²) in [5.41, 5.74) is 0.692. The lowest BCUT2D eigenvalue weighted by Gasteiger charge is -2.30. The van der Waals surface area contributed by atoms with Crippen LogP contribution < -0.4 is 4.72 Å². The number of aryl methyl sites for hydroxylation is 1. The van der Waals surface area contributed by atoms with E-state index in [0.29, 0.717) is 17.0 Å². The Morgan fingerprint density at radius 1 is 1.18 bits per heavy atom. The van der Waals surface area contributed by atoms with E-state index in [1.807, 2.05) is 25.1 Å². The van der Waals surface area contributed by atoms with E-state index in [1.165, 1.54) is 12.1 Å². The lowest BCUT2D eigenvalue weighted by Crippen LogP contribution is -2.54. The molecule has 1 saturated carbocycles. The van der Waals surface area contributed by atoms with Crippen LogP contribution in [0.1, 0.15) is 50.3 Å². The number of nitrogens with zero attached hydrogens (tertiary/aromatic N) is 3. The molecular weight excluding hydrogens is 453 g/mol. The minimum atomic E-state index is -4.77. The number of alkyl halides is 3. The van der Waals surface area contributed by atoms with Crippen molar-refractivity contribution in [2.24, 2.45) is 0 Å². The minimum absolute atomic E-state index is 0.201. The minimum Gasteiger partial charge on any atom is -0.335 e. The van der Waals surface area contributed by atoms with Gasteiger partial charge in [0.1, 0.15) is 16.5 Å². The molecule has 0 radical (unpaired) electrons. The van der Waals surface area contributed by atoms with Gasteiger partial charge in [-0.15, -0.1) is 0 Å². The highest BCUT2D eigenvalue weighted by molar-refractivity contribution is 7.89. The number of nitrogens with one attached hydrogen (secondary N) is 1. The monoisotopic (exact) mass is 476 g/mol. The lowest BCUT2D eigenvalue weighted by atomic mass is 9.92. The summed E-state index contributed by atoms with van der Waals surface area (Å²) in [6, 6.07) is 11.0. The summed E-state index contributed by atoms with van der Waals surface area (Å²) in [4.78, 5) is 3.88. The van der Waals surface area contributed by atoms with Crippen LogP contribution >= 0.6 is 0 Å². The number of sulfonamides is 1. The molecule has 0 spiro atoms. The van der Waals surface area contributed by atoms with Gasteiger partial charge in [0, 0.05) is 17.6 Å². The largest absolute Gasteiger partial charge is 0.407 e. The first-order valence-electron chi connectivity index (χ1n) is 10.5. The van der Waals surface area contributed by atoms with Gasteiger partial charge in [0.2, 0.25) is 10.0 Å². The van der Waals surface area contributed by atoms with Crippen LogP contribution in [-0.2, 0) is 10.0 Å². The van der Waals surface area contributed by atoms with Crippen molar-refractivity contribution in [3.63, 3.8) is 0 Å². The molecule has 0 amide bonds. The Kier molecular flexibility index (Phi) is 5.53. The first-order valence-corrected chi connectivity index (χ1v) is 12.0. The Morgan fingerprint density at radius 3 is 2.39 bits per heavy atom. The molecule has 6 nitrogen and oxygen atoms in total. The molecule has 2 aromatic heterocycles. The molecule has 33 heavy (non-hydrogen) atoms. The number of halogens is 3. The first-order chi connectivity index (χ1) is 15.4. The van der Waals surface area contributed by atoms with Crippen molar-refractivity contribution in [2.75, 3.05) is 0 Å². The Morgan fingerprint density at radius 2 is 1.88 bits per heavy atom. The fourth-order valence-corrected chi connectivity index (χ4v) is 5.29. The summed E-state index contributed by atoms with van der Waals surface area (Å²) < 4.78 is 68.4. The predicted molar refractivity (Wildman–Crippen MR) is 118 cm³/mol. The molecule has 174 valence electrons. The standard InChI is InChI=1S/C23H23F3N4O2S/c1-14-7-10-20-17(11-14)18(12-27)21(30(20)15-5-4-6-15)19-9-8-16(13-28-19)33(31,32)29-22(2,3)23(24,25)26/h7-11,13,15,29H,4-6H2,1-3H3. The fourth-order valence-electron chi connectivity index (χ4n) is 3.95. The van der Waals surface area contributed by atoms with Crippen LogP contribution in [0.2, 0.25) is 0 Å². The molecule has 0 saturated heterocycles. The third-order valence-electron chi connectivity index (χ3n) is 6.10. The van der Waals surface area contributed by atoms with Gasteiger partial charge in [0.15, 0.2) is 0 Å². The second-order valence-corrected chi connectivity index (χ2v) is 10.6. The average molecular weight is 477 g/mol. The molecule has 0 aliphatic heterocycles. The van der Waals surface area contributed by atoms with Gasteiger partial charge in [-0.3, -0.25) is 4.98 Å². The predicted octanol–water partition coefficient (Wildman–Crippen LogP) is 5.23. The number of hydrogen-bond acceptors (Lipinski definition) is 4. The summed E-state index contributed by atoms with van der Waals surface area (Å²) in [6.07, 6.45) is -0.754. The number of nitriles is 1. The molecule has 3 aromatic rings. The van der Waals surface area contributed by atoms with Gasteiger partial charge < -0.3 is 4.57 Å². The lowest BCUT2D eigenvalue weighted by molar-refractivity contribution is -0.180. The van der Waals surface area contributed by atoms with Gasteiger partial charge in [0.05, 0.1) is 22.5 Å². The number of rotatable bonds is 5. The van der Waals surface area contributed by atoms with Crippen LogP contribution in [0.15, 0.2) is 41.4 Å². The molecule has 1 aliphatic carbocycles. The van der Waals surface area contributed by atoms with Crippen molar-refractivity contribution >= 4 is 20.9 Å². The van der Waals surface area contributed by atoms with Crippen molar-refractivity contribution in [3.05, 3.63) is 47.7 Å². The van der Waals surface area contributed by atoms with Gasteiger partial charge in [-0.1, -0.05) is 11.6 Å². The highest BCUT2D eigenvalue weighted by atomic mass is 32.2. The number of fused-ring (bicyclic) bond motifs is 1. The molecule has 0 atom stereocenters. The SMILES string of the molecule is Cc1ccc2c(c1)c(C#N)c(-c1ccc(S(=O)(=O)NC(C)(C)C(F)(F)F)cn1)n2C1CCC1. The maximum Gasteiger partial charge on any atom is 0.407 e. The average Bonchev–Trinajstić information content (AvgIpc) is 2.98. The van der Waals surface area contributed by atoms with Crippen molar-refractivity contribution < 1.29 is 21.6 Å². The number of benzene rings is 1. The van der Waals surface area contributed by atoms with E-state index in [-0.39, 0.29) is 10.9 Å². The van der Waals surface area contributed by atoms with Gasteiger partial charge in [-0.05, 0) is 64.3 Å². The van der Waals surface area contributed by atoms with E-state index >= 15 is 0 Å². The highest BCUT2D eigenvalue weighted by Crippen LogP contribution is 2.42. The van der Waals surface area contributed by atoms with Gasteiger partial charge >= 0.3 is 6.18 Å². The number of hydrogen-bond donors (Lipinski definition) is 1. The summed E-state index contributed by atoms with van der Waals surface area (Å²) in [5.74, 6) is 0. The molecular formula is C23H23F3N4O2S. The third kappa shape index (κ3) is 4.00. The summed E-state index contributed by atoms with van der Waals surface area (Å²) in [7, 11) is -4.47. The van der Waals surface area contributed by atoms with Gasteiger partial charge in [-0.2, -0.15) is 23.2 Å². The van der Waals surface area contributed by atoms with Crippen molar-refractivity contribution in [1.29, 1.82) is 5.26 Å². The Balaban J connectivity index is 1.80. The van der Waals surface area contributed by atoms with E-state index < -0.39 is 21.7 Å². The van der Waals surface area contributed by atoms with Crippen LogP contribution in [0, 0.1) is 18.3 Å². The van der Waals surface area contributed by atoms with E-state index in [0.717, 1.165) is 55.8 Å². The maximum atomic E-state index is 13.2. The first kappa shape index (κ1) is 23.3. The molecule has 1 aliphatic rings. The molecule has 4 rings (SSSR count). The summed E-state index contributed by atoms with van der Waals surface area (Å²) in [6.45, 7) is 3.45. The van der Waals surface area contributed by atoms with Gasteiger partial charge in [-0.25, -0.2) is 8.42 Å². The number of aromatic nitrogens is 2. The van der Waals surface area contributed by atoms with Crippen LogP contribution in [0.3, 0.4) is 0 Å². The highest BCUT2D eigenvalue weighted by Gasteiger charge is 2.49. The molecule has 1 fully saturated rings. The fraction of sp³-hybridized carbons (Fsp3) is 0.391. The third-order valence-corrected chi connectivity index (χ3v) is 7.74.